The number of halogens is 2. The van der Waals surface area contributed by atoms with Crippen LogP contribution in [-0.2, 0) is 4.74 Å². The van der Waals surface area contributed by atoms with Crippen molar-refractivity contribution in [1.82, 2.24) is 9.97 Å². The molecule has 0 atom stereocenters. The molecule has 1 N–H and O–H groups in total. The third-order valence-electron chi connectivity index (χ3n) is 3.00. The molecule has 7 heteroatoms. The number of benzene rings is 1. The Hall–Kier alpha value is -2.11. The van der Waals surface area contributed by atoms with E-state index in [0.29, 0.717) is 21.4 Å². The minimum Gasteiger partial charge on any atom is -0.462 e. The highest BCUT2D eigenvalue weighted by Crippen LogP contribution is 2.24. The van der Waals surface area contributed by atoms with E-state index in [1.165, 1.54) is 6.20 Å². The number of nitrogens with zero attached hydrogens (tertiary/aromatic N) is 1. The Labute approximate surface area is 142 Å². The predicted molar refractivity (Wildman–Crippen MR) is 90.8 cm³/mol. The van der Waals surface area contributed by atoms with Crippen molar-refractivity contribution < 1.29 is 9.53 Å². The van der Waals surface area contributed by atoms with Crippen LogP contribution in [0.2, 0.25) is 10.0 Å². The third-order valence-corrected chi connectivity index (χ3v) is 3.73. The first-order valence-corrected chi connectivity index (χ1v) is 7.58. The molecule has 120 valence electrons. The zero-order valence-corrected chi connectivity index (χ0v) is 14.0. The molecule has 0 saturated carbocycles. The zero-order chi connectivity index (χ0) is 17.0. The highest BCUT2D eigenvalue weighted by Gasteiger charge is 2.13. The molecular weight excluding hydrogens is 339 g/mol. The first-order chi connectivity index (χ1) is 10.9. The summed E-state index contributed by atoms with van der Waals surface area (Å²) in [5, 5.41) is 0.902. The fourth-order valence-corrected chi connectivity index (χ4v) is 2.18. The van der Waals surface area contributed by atoms with Gasteiger partial charge in [-0.25, -0.2) is 9.78 Å². The van der Waals surface area contributed by atoms with Gasteiger partial charge in [0, 0.05) is 6.20 Å². The van der Waals surface area contributed by atoms with Crippen LogP contribution in [0.3, 0.4) is 0 Å². The van der Waals surface area contributed by atoms with E-state index in [9.17, 15) is 9.59 Å². The predicted octanol–water partition coefficient (Wildman–Crippen LogP) is 3.81. The molecule has 1 aromatic carbocycles. The summed E-state index contributed by atoms with van der Waals surface area (Å²) < 4.78 is 4.79. The summed E-state index contributed by atoms with van der Waals surface area (Å²) >= 11 is 11.8. The van der Waals surface area contributed by atoms with E-state index in [0.717, 1.165) is 5.56 Å². The quantitative estimate of drug-likeness (QED) is 0.849. The number of rotatable bonds is 4. The van der Waals surface area contributed by atoms with Crippen molar-refractivity contribution in [3.63, 3.8) is 0 Å². The monoisotopic (exact) mass is 352 g/mol. The number of allylic oxidation sites excluding steroid dienone is 1. The van der Waals surface area contributed by atoms with E-state index in [1.807, 2.05) is 0 Å². The van der Waals surface area contributed by atoms with E-state index >= 15 is 0 Å². The Kier molecular flexibility index (Phi) is 5.58. The van der Waals surface area contributed by atoms with E-state index in [-0.39, 0.29) is 12.2 Å². The summed E-state index contributed by atoms with van der Waals surface area (Å²) in [6, 6.07) is 5.18. The molecule has 23 heavy (non-hydrogen) atoms. The molecule has 2 aromatic rings. The summed E-state index contributed by atoms with van der Waals surface area (Å²) in [6.07, 6.45) is 3.00. The molecule has 0 radical (unpaired) electrons. The fourth-order valence-electron chi connectivity index (χ4n) is 1.87. The van der Waals surface area contributed by atoms with Crippen molar-refractivity contribution in [2.75, 3.05) is 6.61 Å². The molecule has 0 bridgehead atoms. The molecule has 5 nitrogen and oxygen atoms in total. The van der Waals surface area contributed by atoms with Crippen LogP contribution in [0, 0.1) is 0 Å². The highest BCUT2D eigenvalue weighted by atomic mass is 35.5. The number of hydrogen-bond donors (Lipinski definition) is 1. The van der Waals surface area contributed by atoms with Crippen molar-refractivity contribution in [2.24, 2.45) is 0 Å². The lowest BCUT2D eigenvalue weighted by molar-refractivity contribution is 0.0523. The van der Waals surface area contributed by atoms with Crippen LogP contribution in [0.1, 0.15) is 35.6 Å². The van der Waals surface area contributed by atoms with E-state index in [2.05, 4.69) is 9.97 Å². The number of aromatic amines is 1. The normalized spacial score (nSPS) is 11.4. The molecule has 0 aliphatic heterocycles. The lowest BCUT2D eigenvalue weighted by Crippen LogP contribution is -2.21. The maximum Gasteiger partial charge on any atom is 0.345 e. The molecule has 0 unspecified atom stereocenters. The van der Waals surface area contributed by atoms with Crippen molar-refractivity contribution in [3.05, 3.63) is 61.7 Å². The lowest BCUT2D eigenvalue weighted by atomic mass is 10.1. The van der Waals surface area contributed by atoms with Gasteiger partial charge >= 0.3 is 5.97 Å². The van der Waals surface area contributed by atoms with Gasteiger partial charge in [0.15, 0.2) is 0 Å². The highest BCUT2D eigenvalue weighted by molar-refractivity contribution is 6.42. The van der Waals surface area contributed by atoms with Crippen LogP contribution >= 0.6 is 23.2 Å². The van der Waals surface area contributed by atoms with Gasteiger partial charge in [-0.1, -0.05) is 29.3 Å². The summed E-state index contributed by atoms with van der Waals surface area (Å²) in [4.78, 5) is 30.2. The Balaban J connectivity index is 2.32. The topological polar surface area (TPSA) is 72.0 Å². The van der Waals surface area contributed by atoms with Crippen LogP contribution in [0.15, 0.2) is 29.2 Å². The Bertz CT molecular complexity index is 828. The average Bonchev–Trinajstić information content (AvgIpc) is 2.51. The van der Waals surface area contributed by atoms with Crippen LogP contribution in [0.4, 0.5) is 0 Å². The van der Waals surface area contributed by atoms with Gasteiger partial charge in [0.05, 0.1) is 16.7 Å². The maximum atomic E-state index is 11.9. The number of aromatic nitrogens is 2. The molecule has 0 spiro atoms. The number of carbonyl (C=O) groups excluding carboxylic acids is 1. The maximum absolute atomic E-state index is 11.9. The SMILES string of the molecule is CCOC(=O)c1cnc(/C(C)=C/c2ccc(Cl)c(Cl)c2)[nH]c1=O. The second kappa shape index (κ2) is 7.44. The second-order valence-electron chi connectivity index (χ2n) is 4.70. The van der Waals surface area contributed by atoms with Gasteiger partial charge in [0.2, 0.25) is 0 Å². The Morgan fingerprint density at radius 3 is 2.70 bits per heavy atom. The molecule has 1 heterocycles. The van der Waals surface area contributed by atoms with E-state index in [4.69, 9.17) is 27.9 Å². The number of esters is 1. The molecule has 2 rings (SSSR count). The van der Waals surface area contributed by atoms with Gasteiger partial charge in [-0.05, 0) is 43.2 Å². The largest absolute Gasteiger partial charge is 0.462 e. The zero-order valence-electron chi connectivity index (χ0n) is 12.5. The lowest BCUT2D eigenvalue weighted by Gasteiger charge is -2.04. The summed E-state index contributed by atoms with van der Waals surface area (Å²) in [5.74, 6) is -0.340. The number of hydrogen-bond acceptors (Lipinski definition) is 4. The molecule has 0 aliphatic rings. The summed E-state index contributed by atoms with van der Waals surface area (Å²) in [7, 11) is 0. The van der Waals surface area contributed by atoms with Crippen molar-refractivity contribution in [3.8, 4) is 0 Å². The molecular formula is C16H14Cl2N2O3. The van der Waals surface area contributed by atoms with Gasteiger partial charge < -0.3 is 9.72 Å². The number of ether oxygens (including phenoxy) is 1. The van der Waals surface area contributed by atoms with Gasteiger partial charge in [0.1, 0.15) is 11.4 Å². The number of carbonyl (C=O) groups is 1. The Morgan fingerprint density at radius 2 is 2.09 bits per heavy atom. The van der Waals surface area contributed by atoms with Gasteiger partial charge in [0.25, 0.3) is 5.56 Å². The molecule has 0 saturated heterocycles. The van der Waals surface area contributed by atoms with Gasteiger partial charge in [-0.3, -0.25) is 4.79 Å². The van der Waals surface area contributed by atoms with Crippen molar-refractivity contribution in [2.45, 2.75) is 13.8 Å². The molecule has 0 aliphatic carbocycles. The van der Waals surface area contributed by atoms with E-state index < -0.39 is 11.5 Å². The van der Waals surface area contributed by atoms with Gasteiger partial charge in [-0.2, -0.15) is 0 Å². The van der Waals surface area contributed by atoms with Crippen LogP contribution in [0.5, 0.6) is 0 Å². The van der Waals surface area contributed by atoms with Crippen molar-refractivity contribution >= 4 is 40.8 Å². The number of nitrogens with one attached hydrogen (secondary N) is 1. The minimum atomic E-state index is -0.695. The minimum absolute atomic E-state index is 0.127. The van der Waals surface area contributed by atoms with E-state index in [1.54, 1.807) is 38.1 Å². The molecule has 0 fully saturated rings. The average molecular weight is 353 g/mol. The molecule has 1 aromatic heterocycles. The molecule has 0 amide bonds. The van der Waals surface area contributed by atoms with Crippen LogP contribution in [0.25, 0.3) is 11.6 Å². The van der Waals surface area contributed by atoms with Crippen LogP contribution in [-0.4, -0.2) is 22.5 Å². The van der Waals surface area contributed by atoms with Crippen LogP contribution < -0.4 is 5.56 Å². The standard InChI is InChI=1S/C16H14Cl2N2O3/c1-3-23-16(22)11-8-19-14(20-15(11)21)9(2)6-10-4-5-12(17)13(18)7-10/h4-8H,3H2,1-2H3,(H,19,20,21)/b9-6+. The van der Waals surface area contributed by atoms with Crippen molar-refractivity contribution in [1.29, 1.82) is 0 Å². The smallest absolute Gasteiger partial charge is 0.345 e. The number of H-pyrrole nitrogens is 1. The first kappa shape index (κ1) is 17.2. The first-order valence-electron chi connectivity index (χ1n) is 6.82. The third kappa shape index (κ3) is 4.21. The summed E-state index contributed by atoms with van der Waals surface area (Å²) in [5.41, 5.74) is 0.846. The second-order valence-corrected chi connectivity index (χ2v) is 5.51. The summed E-state index contributed by atoms with van der Waals surface area (Å²) in [6.45, 7) is 3.64. The Morgan fingerprint density at radius 1 is 1.35 bits per heavy atom. The van der Waals surface area contributed by atoms with Gasteiger partial charge in [-0.15, -0.1) is 0 Å². The fraction of sp³-hybridized carbons (Fsp3) is 0.188.